The summed E-state index contributed by atoms with van der Waals surface area (Å²) in [5.41, 5.74) is 1.35. The summed E-state index contributed by atoms with van der Waals surface area (Å²) in [6.45, 7) is 4.02. The zero-order valence-corrected chi connectivity index (χ0v) is 14.0. The van der Waals surface area contributed by atoms with Gasteiger partial charge in [-0.2, -0.15) is 10.1 Å². The fourth-order valence-electron chi connectivity index (χ4n) is 2.10. The van der Waals surface area contributed by atoms with E-state index in [9.17, 15) is 4.79 Å². The van der Waals surface area contributed by atoms with Crippen LogP contribution in [0, 0.1) is 0 Å². The molecule has 3 aromatic rings. The number of fused-ring (bicyclic) bond motifs is 1. The Kier molecular flexibility index (Phi) is 3.88. The molecule has 0 saturated heterocycles. The molecule has 2 heterocycles. The molecule has 22 heavy (non-hydrogen) atoms. The third-order valence-corrected chi connectivity index (χ3v) is 4.65. The molecular weight excluding hydrogens is 320 g/mol. The molecule has 0 atom stereocenters. The molecule has 0 aliphatic carbocycles. The van der Waals surface area contributed by atoms with Crippen molar-refractivity contribution in [3.8, 4) is 0 Å². The van der Waals surface area contributed by atoms with Gasteiger partial charge in [-0.05, 0) is 38.1 Å². The molecule has 0 aliphatic heterocycles. The van der Waals surface area contributed by atoms with Gasteiger partial charge in [-0.15, -0.1) is 0 Å². The van der Waals surface area contributed by atoms with Gasteiger partial charge in [0.15, 0.2) is 10.5 Å². The van der Waals surface area contributed by atoms with Crippen LogP contribution in [0.4, 0.5) is 0 Å². The van der Waals surface area contributed by atoms with Gasteiger partial charge in [-0.25, -0.2) is 0 Å². The first-order valence-corrected chi connectivity index (χ1v) is 8.04. The van der Waals surface area contributed by atoms with E-state index in [1.54, 1.807) is 16.9 Å². The molecule has 0 radical (unpaired) electrons. The number of aromatic nitrogens is 3. The molecule has 0 fully saturated rings. The lowest BCUT2D eigenvalue weighted by Gasteiger charge is -2.02. The average Bonchev–Trinajstić information content (AvgIpc) is 3.05. The molecular formula is C15H15ClN4OS. The third kappa shape index (κ3) is 2.71. The van der Waals surface area contributed by atoms with Crippen LogP contribution in [0.5, 0.6) is 0 Å². The highest BCUT2D eigenvalue weighted by Gasteiger charge is 2.11. The lowest BCUT2D eigenvalue weighted by molar-refractivity contribution is 0.0992. The Bertz CT molecular complexity index is 919. The van der Waals surface area contributed by atoms with Crippen molar-refractivity contribution in [3.05, 3.63) is 46.0 Å². The standard InChI is InChI=1S/C15H15ClN4OS/c1-9(2)20-7-6-11(18-20)14(21)17-15-19(3)12-5-4-10(16)8-13(12)22-15/h4-9H,1-3H3. The van der Waals surface area contributed by atoms with Crippen molar-refractivity contribution in [3.63, 3.8) is 0 Å². The van der Waals surface area contributed by atoms with E-state index in [-0.39, 0.29) is 11.9 Å². The van der Waals surface area contributed by atoms with Gasteiger partial charge in [0.05, 0.1) is 10.2 Å². The second-order valence-corrected chi connectivity index (χ2v) is 6.69. The second-order valence-electron chi connectivity index (χ2n) is 5.25. The summed E-state index contributed by atoms with van der Waals surface area (Å²) in [5.74, 6) is -0.340. The highest BCUT2D eigenvalue weighted by Crippen LogP contribution is 2.21. The smallest absolute Gasteiger partial charge is 0.300 e. The van der Waals surface area contributed by atoms with Crippen LogP contribution in [0.2, 0.25) is 5.02 Å². The number of halogens is 1. The van der Waals surface area contributed by atoms with Gasteiger partial charge in [-0.3, -0.25) is 9.48 Å². The van der Waals surface area contributed by atoms with E-state index >= 15 is 0 Å². The normalized spacial score (nSPS) is 12.5. The van der Waals surface area contributed by atoms with Crippen molar-refractivity contribution in [2.45, 2.75) is 19.9 Å². The number of aryl methyl sites for hydroxylation is 1. The zero-order valence-electron chi connectivity index (χ0n) is 12.4. The van der Waals surface area contributed by atoms with Crippen LogP contribution in [0.1, 0.15) is 30.4 Å². The summed E-state index contributed by atoms with van der Waals surface area (Å²) in [6.07, 6.45) is 1.79. The van der Waals surface area contributed by atoms with Crippen molar-refractivity contribution >= 4 is 39.1 Å². The van der Waals surface area contributed by atoms with E-state index in [0.29, 0.717) is 15.5 Å². The Hall–Kier alpha value is -1.92. The third-order valence-electron chi connectivity index (χ3n) is 3.33. The average molecular weight is 335 g/mol. The van der Waals surface area contributed by atoms with Crippen molar-refractivity contribution in [1.82, 2.24) is 14.3 Å². The molecule has 1 aromatic carbocycles. The van der Waals surface area contributed by atoms with Crippen LogP contribution in [0.15, 0.2) is 35.5 Å². The maximum Gasteiger partial charge on any atom is 0.300 e. The van der Waals surface area contributed by atoms with E-state index in [0.717, 1.165) is 10.2 Å². The number of carbonyl (C=O) groups is 1. The maximum atomic E-state index is 12.3. The number of benzene rings is 1. The molecule has 5 nitrogen and oxygen atoms in total. The predicted molar refractivity (Wildman–Crippen MR) is 88.3 cm³/mol. The predicted octanol–water partition coefficient (Wildman–Crippen LogP) is 3.41. The molecule has 1 amide bonds. The number of nitrogens with zero attached hydrogens (tertiary/aromatic N) is 4. The quantitative estimate of drug-likeness (QED) is 0.721. The topological polar surface area (TPSA) is 52.2 Å². The van der Waals surface area contributed by atoms with Crippen molar-refractivity contribution < 1.29 is 4.79 Å². The lowest BCUT2D eigenvalue weighted by Crippen LogP contribution is -2.14. The fourth-order valence-corrected chi connectivity index (χ4v) is 3.39. The van der Waals surface area contributed by atoms with Gasteiger partial charge >= 0.3 is 0 Å². The minimum atomic E-state index is -0.340. The summed E-state index contributed by atoms with van der Waals surface area (Å²) in [7, 11) is 1.88. The van der Waals surface area contributed by atoms with Crippen LogP contribution in [-0.4, -0.2) is 20.3 Å². The van der Waals surface area contributed by atoms with Gasteiger partial charge in [0, 0.05) is 24.3 Å². The SMILES string of the molecule is CC(C)n1ccc(C(=O)N=c2sc3cc(Cl)ccc3n2C)n1. The van der Waals surface area contributed by atoms with Gasteiger partial charge in [0.1, 0.15) is 0 Å². The monoisotopic (exact) mass is 334 g/mol. The van der Waals surface area contributed by atoms with Gasteiger partial charge in [0.2, 0.25) is 0 Å². The largest absolute Gasteiger partial charge is 0.319 e. The van der Waals surface area contributed by atoms with E-state index in [2.05, 4.69) is 10.1 Å². The minimum absolute atomic E-state index is 0.212. The molecule has 114 valence electrons. The van der Waals surface area contributed by atoms with Crippen molar-refractivity contribution in [1.29, 1.82) is 0 Å². The Labute approximate surface area is 136 Å². The van der Waals surface area contributed by atoms with Crippen LogP contribution >= 0.6 is 22.9 Å². The maximum absolute atomic E-state index is 12.3. The van der Waals surface area contributed by atoms with Gasteiger partial charge in [-0.1, -0.05) is 22.9 Å². The van der Waals surface area contributed by atoms with E-state index in [1.165, 1.54) is 11.3 Å². The van der Waals surface area contributed by atoms with Crippen LogP contribution < -0.4 is 4.80 Å². The highest BCUT2D eigenvalue weighted by atomic mass is 35.5. The Morgan fingerprint density at radius 2 is 2.14 bits per heavy atom. The first kappa shape index (κ1) is 15.0. The van der Waals surface area contributed by atoms with E-state index in [4.69, 9.17) is 11.6 Å². The number of carbonyl (C=O) groups excluding carboxylic acids is 1. The van der Waals surface area contributed by atoms with E-state index in [1.807, 2.05) is 43.7 Å². The Morgan fingerprint density at radius 1 is 1.36 bits per heavy atom. The molecule has 0 aliphatic rings. The molecule has 7 heteroatoms. The first-order valence-electron chi connectivity index (χ1n) is 6.85. The molecule has 2 aromatic heterocycles. The zero-order chi connectivity index (χ0) is 15.9. The molecule has 0 spiro atoms. The number of hydrogen-bond donors (Lipinski definition) is 0. The number of amides is 1. The Morgan fingerprint density at radius 3 is 2.82 bits per heavy atom. The van der Waals surface area contributed by atoms with E-state index < -0.39 is 0 Å². The van der Waals surface area contributed by atoms with Crippen LogP contribution in [-0.2, 0) is 7.05 Å². The molecule has 0 unspecified atom stereocenters. The highest BCUT2D eigenvalue weighted by molar-refractivity contribution is 7.16. The fraction of sp³-hybridized carbons (Fsp3) is 0.267. The summed E-state index contributed by atoms with van der Waals surface area (Å²) in [5, 5.41) is 4.92. The van der Waals surface area contributed by atoms with Gasteiger partial charge < -0.3 is 4.57 Å². The molecule has 0 saturated carbocycles. The Balaban J connectivity index is 2.03. The first-order chi connectivity index (χ1) is 10.5. The van der Waals surface area contributed by atoms with Crippen LogP contribution in [0.3, 0.4) is 0 Å². The molecule has 0 N–H and O–H groups in total. The number of thiazole rings is 1. The summed E-state index contributed by atoms with van der Waals surface area (Å²) >= 11 is 7.43. The number of hydrogen-bond acceptors (Lipinski definition) is 3. The summed E-state index contributed by atoms with van der Waals surface area (Å²) < 4.78 is 4.62. The minimum Gasteiger partial charge on any atom is -0.319 e. The second kappa shape index (κ2) is 5.70. The van der Waals surface area contributed by atoms with Gasteiger partial charge in [0.25, 0.3) is 5.91 Å². The lowest BCUT2D eigenvalue weighted by atomic mass is 10.3. The summed E-state index contributed by atoms with van der Waals surface area (Å²) in [4.78, 5) is 17.1. The molecule has 0 bridgehead atoms. The van der Waals surface area contributed by atoms with Crippen LogP contribution in [0.25, 0.3) is 10.2 Å². The van der Waals surface area contributed by atoms with Crippen molar-refractivity contribution in [2.24, 2.45) is 12.0 Å². The number of rotatable bonds is 2. The summed E-state index contributed by atoms with van der Waals surface area (Å²) in [6, 6.07) is 7.52. The van der Waals surface area contributed by atoms with Crippen molar-refractivity contribution in [2.75, 3.05) is 0 Å². The molecule has 3 rings (SSSR count).